The fourth-order valence-electron chi connectivity index (χ4n) is 1.14. The zero-order valence-electron chi connectivity index (χ0n) is 9.15. The van der Waals surface area contributed by atoms with E-state index in [0.29, 0.717) is 5.82 Å². The van der Waals surface area contributed by atoms with E-state index in [1.165, 1.54) is 6.07 Å². The van der Waals surface area contributed by atoms with Crippen molar-refractivity contribution in [2.45, 2.75) is 33.2 Å². The monoisotopic (exact) mass is 209 g/mol. The van der Waals surface area contributed by atoms with Crippen LogP contribution in [0.2, 0.25) is 0 Å². The molecule has 0 aliphatic carbocycles. The molecule has 1 aromatic heterocycles. The third-order valence-electron chi connectivity index (χ3n) is 2.21. The Balaban J connectivity index is 3.02. The van der Waals surface area contributed by atoms with Gasteiger partial charge >= 0.3 is 5.69 Å². The molecular weight excluding hydrogens is 194 g/mol. The summed E-state index contributed by atoms with van der Waals surface area (Å²) in [7, 11) is 0. The Morgan fingerprint density at radius 2 is 2.27 bits per heavy atom. The molecule has 1 rings (SSSR count). The van der Waals surface area contributed by atoms with Crippen molar-refractivity contribution in [3.05, 3.63) is 27.9 Å². The molecule has 82 valence electrons. The van der Waals surface area contributed by atoms with Crippen LogP contribution >= 0.6 is 0 Å². The maximum Gasteiger partial charge on any atom is 0.311 e. The van der Waals surface area contributed by atoms with Crippen molar-refractivity contribution >= 4 is 11.5 Å². The molecule has 1 unspecified atom stereocenters. The Labute approximate surface area is 88.7 Å². The molecule has 5 heteroatoms. The lowest BCUT2D eigenvalue weighted by Crippen LogP contribution is -2.16. The smallest absolute Gasteiger partial charge is 0.311 e. The average Bonchev–Trinajstić information content (AvgIpc) is 2.17. The number of hydrogen-bond donors (Lipinski definition) is 1. The van der Waals surface area contributed by atoms with Gasteiger partial charge in [-0.25, -0.2) is 4.98 Å². The van der Waals surface area contributed by atoms with Gasteiger partial charge in [-0.1, -0.05) is 6.92 Å². The molecule has 0 radical (unpaired) electrons. The summed E-state index contributed by atoms with van der Waals surface area (Å²) in [5, 5.41) is 13.8. The maximum atomic E-state index is 10.7. The van der Waals surface area contributed by atoms with E-state index in [-0.39, 0.29) is 11.7 Å². The molecule has 0 spiro atoms. The summed E-state index contributed by atoms with van der Waals surface area (Å²) in [6.07, 6.45) is 0.896. The normalized spacial score (nSPS) is 12.2. The standard InChI is InChI=1S/C10H15N3O2/c1-4-7(2)11-10-9(13(14)15)6-5-8(3)12-10/h5-7H,4H2,1-3H3,(H,11,12). The van der Waals surface area contributed by atoms with Gasteiger partial charge in [0, 0.05) is 17.8 Å². The quantitative estimate of drug-likeness (QED) is 0.611. The summed E-state index contributed by atoms with van der Waals surface area (Å²) in [5.74, 6) is 0.356. The summed E-state index contributed by atoms with van der Waals surface area (Å²) in [5.41, 5.74) is 0.798. The number of hydrogen-bond acceptors (Lipinski definition) is 4. The predicted octanol–water partition coefficient (Wildman–Crippen LogP) is 2.51. The maximum absolute atomic E-state index is 10.7. The number of nitrogens with one attached hydrogen (secondary N) is 1. The van der Waals surface area contributed by atoms with Gasteiger partial charge in [0.15, 0.2) is 0 Å². The molecule has 0 aliphatic rings. The van der Waals surface area contributed by atoms with E-state index in [1.54, 1.807) is 6.07 Å². The highest BCUT2D eigenvalue weighted by molar-refractivity contribution is 5.56. The van der Waals surface area contributed by atoms with E-state index in [0.717, 1.165) is 12.1 Å². The third-order valence-corrected chi connectivity index (χ3v) is 2.21. The van der Waals surface area contributed by atoms with Crippen LogP contribution in [0.15, 0.2) is 12.1 Å². The number of rotatable bonds is 4. The van der Waals surface area contributed by atoms with Crippen LogP contribution in [0.25, 0.3) is 0 Å². The van der Waals surface area contributed by atoms with E-state index in [9.17, 15) is 10.1 Å². The van der Waals surface area contributed by atoms with E-state index in [2.05, 4.69) is 10.3 Å². The first-order chi connectivity index (χ1) is 7.04. The zero-order chi connectivity index (χ0) is 11.4. The molecule has 0 fully saturated rings. The molecule has 0 aliphatic heterocycles. The summed E-state index contributed by atoms with van der Waals surface area (Å²) in [6.45, 7) is 5.79. The number of anilines is 1. The van der Waals surface area contributed by atoms with Crippen LogP contribution in [0.5, 0.6) is 0 Å². The lowest BCUT2D eigenvalue weighted by Gasteiger charge is -2.12. The van der Waals surface area contributed by atoms with Crippen LogP contribution in [0.1, 0.15) is 26.0 Å². The SMILES string of the molecule is CCC(C)Nc1nc(C)ccc1[N+](=O)[O-]. The van der Waals surface area contributed by atoms with Gasteiger partial charge < -0.3 is 5.32 Å². The van der Waals surface area contributed by atoms with E-state index in [4.69, 9.17) is 0 Å². The molecular formula is C10H15N3O2. The summed E-state index contributed by atoms with van der Waals surface area (Å²) in [4.78, 5) is 14.4. The summed E-state index contributed by atoms with van der Waals surface area (Å²) >= 11 is 0. The van der Waals surface area contributed by atoms with Crippen molar-refractivity contribution in [3.8, 4) is 0 Å². The van der Waals surface area contributed by atoms with Gasteiger partial charge in [-0.3, -0.25) is 10.1 Å². The number of nitro groups is 1. The van der Waals surface area contributed by atoms with E-state index < -0.39 is 4.92 Å². The molecule has 1 N–H and O–H groups in total. The van der Waals surface area contributed by atoms with Gasteiger partial charge in [0.05, 0.1) is 4.92 Å². The van der Waals surface area contributed by atoms with Crippen molar-refractivity contribution < 1.29 is 4.92 Å². The van der Waals surface area contributed by atoms with Crippen LogP contribution in [0.4, 0.5) is 11.5 Å². The Morgan fingerprint density at radius 3 is 2.80 bits per heavy atom. The minimum absolute atomic E-state index is 0.0286. The Hall–Kier alpha value is -1.65. The second-order valence-corrected chi connectivity index (χ2v) is 3.53. The minimum atomic E-state index is -0.419. The molecule has 1 atom stereocenters. The van der Waals surface area contributed by atoms with Crippen LogP contribution < -0.4 is 5.32 Å². The van der Waals surface area contributed by atoms with Gasteiger partial charge in [-0.05, 0) is 26.3 Å². The third kappa shape index (κ3) is 2.90. The largest absolute Gasteiger partial charge is 0.362 e. The second-order valence-electron chi connectivity index (χ2n) is 3.53. The molecule has 1 aromatic rings. The predicted molar refractivity (Wildman–Crippen MR) is 59.0 cm³/mol. The van der Waals surface area contributed by atoms with Crippen molar-refractivity contribution in [1.29, 1.82) is 0 Å². The Morgan fingerprint density at radius 1 is 1.60 bits per heavy atom. The minimum Gasteiger partial charge on any atom is -0.362 e. The van der Waals surface area contributed by atoms with Crippen LogP contribution in [0.3, 0.4) is 0 Å². The fourth-order valence-corrected chi connectivity index (χ4v) is 1.14. The van der Waals surface area contributed by atoms with Crippen LogP contribution in [-0.2, 0) is 0 Å². The summed E-state index contributed by atoms with van der Waals surface area (Å²) in [6, 6.07) is 3.30. The zero-order valence-corrected chi connectivity index (χ0v) is 9.15. The fraction of sp³-hybridized carbons (Fsp3) is 0.500. The Bertz CT molecular complexity index is 366. The first-order valence-corrected chi connectivity index (χ1v) is 4.93. The molecule has 0 saturated carbocycles. The van der Waals surface area contributed by atoms with Gasteiger partial charge in [0.2, 0.25) is 5.82 Å². The second kappa shape index (κ2) is 4.72. The highest BCUT2D eigenvalue weighted by atomic mass is 16.6. The van der Waals surface area contributed by atoms with Crippen molar-refractivity contribution in [2.24, 2.45) is 0 Å². The van der Waals surface area contributed by atoms with Crippen LogP contribution in [-0.4, -0.2) is 15.9 Å². The molecule has 1 heterocycles. The lowest BCUT2D eigenvalue weighted by molar-refractivity contribution is -0.384. The first kappa shape index (κ1) is 11.4. The van der Waals surface area contributed by atoms with Gasteiger partial charge in [0.25, 0.3) is 0 Å². The molecule has 0 saturated heterocycles. The number of aryl methyl sites for hydroxylation is 1. The van der Waals surface area contributed by atoms with E-state index in [1.807, 2.05) is 20.8 Å². The number of nitrogens with zero attached hydrogens (tertiary/aromatic N) is 2. The van der Waals surface area contributed by atoms with Crippen molar-refractivity contribution in [1.82, 2.24) is 4.98 Å². The topological polar surface area (TPSA) is 68.1 Å². The van der Waals surface area contributed by atoms with Gasteiger partial charge in [0.1, 0.15) is 0 Å². The highest BCUT2D eigenvalue weighted by Crippen LogP contribution is 2.22. The Kier molecular flexibility index (Phi) is 3.60. The van der Waals surface area contributed by atoms with Gasteiger partial charge in [-0.2, -0.15) is 0 Å². The molecule has 5 nitrogen and oxygen atoms in total. The van der Waals surface area contributed by atoms with E-state index >= 15 is 0 Å². The lowest BCUT2D eigenvalue weighted by atomic mass is 10.2. The van der Waals surface area contributed by atoms with Crippen molar-refractivity contribution in [3.63, 3.8) is 0 Å². The van der Waals surface area contributed by atoms with Crippen LogP contribution in [0, 0.1) is 17.0 Å². The molecule has 15 heavy (non-hydrogen) atoms. The average molecular weight is 209 g/mol. The highest BCUT2D eigenvalue weighted by Gasteiger charge is 2.16. The van der Waals surface area contributed by atoms with Crippen molar-refractivity contribution in [2.75, 3.05) is 5.32 Å². The molecule has 0 bridgehead atoms. The summed E-state index contributed by atoms with van der Waals surface area (Å²) < 4.78 is 0. The first-order valence-electron chi connectivity index (χ1n) is 4.93. The van der Waals surface area contributed by atoms with Gasteiger partial charge in [-0.15, -0.1) is 0 Å². The number of pyridine rings is 1. The molecule has 0 aromatic carbocycles. The number of aromatic nitrogens is 1. The molecule has 0 amide bonds.